The third-order valence-corrected chi connectivity index (χ3v) is 7.08. The summed E-state index contributed by atoms with van der Waals surface area (Å²) in [7, 11) is 0. The number of nitrogens with zero attached hydrogens (tertiary/aromatic N) is 1. The van der Waals surface area contributed by atoms with E-state index < -0.39 is 6.04 Å². The molecule has 1 saturated heterocycles. The number of benzene rings is 3. The second-order valence-corrected chi connectivity index (χ2v) is 9.77. The van der Waals surface area contributed by atoms with Crippen LogP contribution in [-0.4, -0.2) is 47.4 Å². The molecule has 1 aliphatic rings. The molecule has 0 bridgehead atoms. The lowest BCUT2D eigenvalue weighted by atomic mass is 10.0. The highest BCUT2D eigenvalue weighted by Crippen LogP contribution is 2.22. The lowest BCUT2D eigenvalue weighted by Crippen LogP contribution is -2.45. The highest BCUT2D eigenvalue weighted by atomic mass is 32.2. The van der Waals surface area contributed by atoms with Crippen LogP contribution >= 0.6 is 11.8 Å². The minimum atomic E-state index is -0.697. The number of thioether (sulfide) groups is 1. The molecule has 0 aliphatic carbocycles. The van der Waals surface area contributed by atoms with Crippen molar-refractivity contribution in [2.75, 3.05) is 29.9 Å². The lowest BCUT2D eigenvalue weighted by molar-refractivity contribution is -0.118. The summed E-state index contributed by atoms with van der Waals surface area (Å²) in [6.45, 7) is 5.11. The molecule has 1 unspecified atom stereocenters. The maximum absolute atomic E-state index is 13.4. The van der Waals surface area contributed by atoms with Gasteiger partial charge in [-0.3, -0.25) is 14.5 Å². The normalized spacial score (nSPS) is 14.9. The van der Waals surface area contributed by atoms with Gasteiger partial charge in [-0.05, 0) is 41.8 Å². The van der Waals surface area contributed by atoms with Crippen LogP contribution in [0.1, 0.15) is 27.0 Å². The molecule has 0 spiro atoms. The molecule has 0 radical (unpaired) electrons. The minimum absolute atomic E-state index is 0.220. The Morgan fingerprint density at radius 1 is 0.912 bits per heavy atom. The Bertz CT molecular complexity index is 1100. The Morgan fingerprint density at radius 2 is 1.59 bits per heavy atom. The molecule has 4 rings (SSSR count). The van der Waals surface area contributed by atoms with Crippen molar-refractivity contribution in [3.63, 3.8) is 0 Å². The average molecular weight is 474 g/mol. The number of hydrogen-bond donors (Lipinski definition) is 2. The molecule has 3 aromatic carbocycles. The first-order chi connectivity index (χ1) is 16.6. The number of anilines is 1. The van der Waals surface area contributed by atoms with Crippen LogP contribution in [0.2, 0.25) is 0 Å². The SMILES string of the molecule is Cc1c(CN2CCSCC2)cccc1NC(=O)C(Cc1ccccc1)NC(=O)c1ccccc1. The number of carbonyl (C=O) groups excluding carboxylic acids is 2. The fraction of sp³-hybridized carbons (Fsp3) is 0.286. The van der Waals surface area contributed by atoms with E-state index in [1.807, 2.05) is 72.4 Å². The van der Waals surface area contributed by atoms with E-state index in [-0.39, 0.29) is 11.8 Å². The molecule has 0 aromatic heterocycles. The van der Waals surface area contributed by atoms with E-state index in [0.717, 1.165) is 48.0 Å². The number of amides is 2. The highest BCUT2D eigenvalue weighted by Gasteiger charge is 2.23. The summed E-state index contributed by atoms with van der Waals surface area (Å²) < 4.78 is 0. The van der Waals surface area contributed by atoms with Gasteiger partial charge in [0.05, 0.1) is 0 Å². The molecule has 34 heavy (non-hydrogen) atoms. The molecule has 1 heterocycles. The lowest BCUT2D eigenvalue weighted by Gasteiger charge is -2.27. The van der Waals surface area contributed by atoms with Gasteiger partial charge in [0, 0.05) is 48.8 Å². The third kappa shape index (κ3) is 6.49. The van der Waals surface area contributed by atoms with Crippen molar-refractivity contribution in [1.82, 2.24) is 10.2 Å². The second kappa shape index (κ2) is 11.9. The zero-order valence-electron chi connectivity index (χ0n) is 19.5. The van der Waals surface area contributed by atoms with Crippen molar-refractivity contribution < 1.29 is 9.59 Å². The fourth-order valence-electron chi connectivity index (χ4n) is 4.10. The standard InChI is InChI=1S/C28H31N3O2S/c1-21-24(20-31-15-17-34-18-16-31)13-8-14-25(21)29-28(33)26(19-22-9-4-2-5-10-22)30-27(32)23-11-6-3-7-12-23/h2-14,26H,15-20H2,1H3,(H,29,33)(H,30,32). The van der Waals surface area contributed by atoms with Gasteiger partial charge in [0.2, 0.25) is 5.91 Å². The van der Waals surface area contributed by atoms with Crippen molar-refractivity contribution in [2.45, 2.75) is 25.9 Å². The van der Waals surface area contributed by atoms with E-state index in [2.05, 4.69) is 28.5 Å². The minimum Gasteiger partial charge on any atom is -0.340 e. The van der Waals surface area contributed by atoms with Gasteiger partial charge in [-0.1, -0.05) is 60.7 Å². The Hall–Kier alpha value is -3.09. The third-order valence-electron chi connectivity index (χ3n) is 6.14. The summed E-state index contributed by atoms with van der Waals surface area (Å²) in [6.07, 6.45) is 0.412. The van der Waals surface area contributed by atoms with Crippen molar-refractivity contribution in [1.29, 1.82) is 0 Å². The molecular weight excluding hydrogens is 442 g/mol. The van der Waals surface area contributed by atoms with Crippen LogP contribution in [0.25, 0.3) is 0 Å². The van der Waals surface area contributed by atoms with Crippen LogP contribution < -0.4 is 10.6 Å². The molecule has 6 heteroatoms. The zero-order chi connectivity index (χ0) is 23.8. The van der Waals surface area contributed by atoms with Crippen LogP contribution in [0.4, 0.5) is 5.69 Å². The van der Waals surface area contributed by atoms with Crippen LogP contribution in [0.5, 0.6) is 0 Å². The molecule has 176 valence electrons. The topological polar surface area (TPSA) is 61.4 Å². The number of carbonyl (C=O) groups is 2. The van der Waals surface area contributed by atoms with Gasteiger partial charge in [-0.15, -0.1) is 0 Å². The largest absolute Gasteiger partial charge is 0.340 e. The zero-order valence-corrected chi connectivity index (χ0v) is 20.3. The molecule has 5 nitrogen and oxygen atoms in total. The predicted octanol–water partition coefficient (Wildman–Crippen LogP) is 4.52. The van der Waals surface area contributed by atoms with Crippen molar-refractivity contribution in [3.05, 3.63) is 101 Å². The van der Waals surface area contributed by atoms with Gasteiger partial charge < -0.3 is 10.6 Å². The first kappa shape index (κ1) is 24.0. The molecule has 2 amide bonds. The summed E-state index contributed by atoms with van der Waals surface area (Å²) >= 11 is 2.00. The monoisotopic (exact) mass is 473 g/mol. The summed E-state index contributed by atoms with van der Waals surface area (Å²) in [5.41, 5.74) is 4.61. The molecule has 0 saturated carbocycles. The van der Waals surface area contributed by atoms with Crippen LogP contribution in [0.3, 0.4) is 0 Å². The van der Waals surface area contributed by atoms with E-state index in [1.54, 1.807) is 12.1 Å². The van der Waals surface area contributed by atoms with Gasteiger partial charge in [0.1, 0.15) is 6.04 Å². The van der Waals surface area contributed by atoms with Crippen molar-refractivity contribution >= 4 is 29.3 Å². The van der Waals surface area contributed by atoms with Crippen LogP contribution in [-0.2, 0) is 17.8 Å². The smallest absolute Gasteiger partial charge is 0.251 e. The molecular formula is C28H31N3O2S. The Labute approximate surface area is 205 Å². The fourth-order valence-corrected chi connectivity index (χ4v) is 5.08. The van der Waals surface area contributed by atoms with E-state index in [9.17, 15) is 9.59 Å². The van der Waals surface area contributed by atoms with Gasteiger partial charge >= 0.3 is 0 Å². The summed E-state index contributed by atoms with van der Waals surface area (Å²) in [6, 6.07) is 24.1. The average Bonchev–Trinajstić information content (AvgIpc) is 2.88. The van der Waals surface area contributed by atoms with Gasteiger partial charge in [0.15, 0.2) is 0 Å². The Morgan fingerprint density at radius 3 is 2.29 bits per heavy atom. The van der Waals surface area contributed by atoms with Crippen molar-refractivity contribution in [2.24, 2.45) is 0 Å². The molecule has 3 aromatic rings. The van der Waals surface area contributed by atoms with Crippen LogP contribution in [0.15, 0.2) is 78.9 Å². The summed E-state index contributed by atoms with van der Waals surface area (Å²) in [5.74, 6) is 1.85. The number of hydrogen-bond acceptors (Lipinski definition) is 4. The predicted molar refractivity (Wildman–Crippen MR) is 140 cm³/mol. The molecule has 1 aliphatic heterocycles. The first-order valence-electron chi connectivity index (χ1n) is 11.7. The van der Waals surface area contributed by atoms with Gasteiger partial charge in [0.25, 0.3) is 5.91 Å². The maximum atomic E-state index is 13.4. The van der Waals surface area contributed by atoms with E-state index in [4.69, 9.17) is 0 Å². The first-order valence-corrected chi connectivity index (χ1v) is 12.8. The Balaban J connectivity index is 1.50. The van der Waals surface area contributed by atoms with Crippen molar-refractivity contribution in [3.8, 4) is 0 Å². The summed E-state index contributed by atoms with van der Waals surface area (Å²) in [4.78, 5) is 28.7. The van der Waals surface area contributed by atoms with E-state index in [0.29, 0.717) is 12.0 Å². The van der Waals surface area contributed by atoms with E-state index >= 15 is 0 Å². The molecule has 1 fully saturated rings. The highest BCUT2D eigenvalue weighted by molar-refractivity contribution is 7.99. The number of nitrogens with one attached hydrogen (secondary N) is 2. The van der Waals surface area contributed by atoms with Gasteiger partial charge in [-0.2, -0.15) is 11.8 Å². The van der Waals surface area contributed by atoms with Crippen LogP contribution in [0, 0.1) is 6.92 Å². The van der Waals surface area contributed by atoms with Gasteiger partial charge in [-0.25, -0.2) is 0 Å². The number of rotatable bonds is 8. The second-order valence-electron chi connectivity index (χ2n) is 8.55. The molecule has 1 atom stereocenters. The maximum Gasteiger partial charge on any atom is 0.251 e. The molecule has 2 N–H and O–H groups in total. The summed E-state index contributed by atoms with van der Waals surface area (Å²) in [5, 5.41) is 6.03. The van der Waals surface area contributed by atoms with E-state index in [1.165, 1.54) is 5.56 Å². The Kier molecular flexibility index (Phi) is 8.39. The quantitative estimate of drug-likeness (QED) is 0.505.